The van der Waals surface area contributed by atoms with Crippen LogP contribution in [0.1, 0.15) is 29.9 Å². The van der Waals surface area contributed by atoms with Gasteiger partial charge in [0.05, 0.1) is 0 Å². The molecule has 0 bridgehead atoms. The molecule has 4 heteroatoms. The quantitative estimate of drug-likeness (QED) is 0.869. The Kier molecular flexibility index (Phi) is 4.09. The maximum Gasteiger partial charge on any atom is 0.276 e. The van der Waals surface area contributed by atoms with Crippen LogP contribution < -0.4 is 9.80 Å². The molecule has 1 aromatic heterocycles. The molecule has 0 aliphatic carbocycles. The average molecular weight is 295 g/mol. The lowest BCUT2D eigenvalue weighted by molar-refractivity contribution is 0.0984. The summed E-state index contributed by atoms with van der Waals surface area (Å²) in [5.41, 5.74) is 3.82. The van der Waals surface area contributed by atoms with E-state index in [9.17, 15) is 4.79 Å². The number of rotatable bonds is 4. The molecule has 0 saturated carbocycles. The molecule has 114 valence electrons. The van der Waals surface area contributed by atoms with Crippen molar-refractivity contribution in [3.05, 3.63) is 53.9 Å². The van der Waals surface area contributed by atoms with Crippen molar-refractivity contribution in [1.29, 1.82) is 0 Å². The van der Waals surface area contributed by atoms with Gasteiger partial charge < -0.3 is 9.80 Å². The van der Waals surface area contributed by atoms with E-state index in [1.54, 1.807) is 6.20 Å². The van der Waals surface area contributed by atoms with Crippen molar-refractivity contribution in [3.63, 3.8) is 0 Å². The number of para-hydroxylation sites is 1. The van der Waals surface area contributed by atoms with Crippen molar-refractivity contribution < 1.29 is 4.79 Å². The molecule has 0 radical (unpaired) electrons. The highest BCUT2D eigenvalue weighted by Gasteiger charge is 2.26. The lowest BCUT2D eigenvalue weighted by Crippen LogP contribution is -2.30. The van der Waals surface area contributed by atoms with E-state index in [4.69, 9.17) is 0 Å². The highest BCUT2D eigenvalue weighted by molar-refractivity contribution is 6.06. The number of amides is 1. The van der Waals surface area contributed by atoms with E-state index in [1.807, 2.05) is 35.2 Å². The number of hydrogen-bond acceptors (Lipinski definition) is 3. The van der Waals surface area contributed by atoms with Crippen LogP contribution in [0.25, 0.3) is 0 Å². The SMILES string of the molecule is CCN(CC)c1ccnc(C(=O)N2CCc3ccccc32)c1. The third-order valence-electron chi connectivity index (χ3n) is 4.22. The van der Waals surface area contributed by atoms with E-state index in [2.05, 4.69) is 29.8 Å². The van der Waals surface area contributed by atoms with Gasteiger partial charge in [0.1, 0.15) is 5.69 Å². The summed E-state index contributed by atoms with van der Waals surface area (Å²) >= 11 is 0. The van der Waals surface area contributed by atoms with Gasteiger partial charge in [-0.15, -0.1) is 0 Å². The minimum atomic E-state index is -0.0149. The number of nitrogens with zero attached hydrogens (tertiary/aromatic N) is 3. The molecular formula is C18H21N3O. The fraction of sp³-hybridized carbons (Fsp3) is 0.333. The molecular weight excluding hydrogens is 274 g/mol. The maximum atomic E-state index is 12.8. The molecule has 0 fully saturated rings. The number of pyridine rings is 1. The standard InChI is InChI=1S/C18H21N3O/c1-3-20(4-2)15-9-11-19-16(13-15)18(22)21-12-10-14-7-5-6-8-17(14)21/h5-9,11,13H,3-4,10,12H2,1-2H3. The predicted molar refractivity (Wildman–Crippen MR) is 89.6 cm³/mol. The monoisotopic (exact) mass is 295 g/mol. The zero-order valence-electron chi connectivity index (χ0n) is 13.1. The Bertz CT molecular complexity index is 680. The van der Waals surface area contributed by atoms with Crippen molar-refractivity contribution in [3.8, 4) is 0 Å². The van der Waals surface area contributed by atoms with Gasteiger partial charge in [-0.2, -0.15) is 0 Å². The summed E-state index contributed by atoms with van der Waals surface area (Å²) in [6, 6.07) is 11.9. The number of anilines is 2. The summed E-state index contributed by atoms with van der Waals surface area (Å²) in [4.78, 5) is 21.2. The second-order valence-corrected chi connectivity index (χ2v) is 5.41. The maximum absolute atomic E-state index is 12.8. The van der Waals surface area contributed by atoms with Crippen molar-refractivity contribution in [2.24, 2.45) is 0 Å². The Morgan fingerprint density at radius 1 is 1.23 bits per heavy atom. The molecule has 1 amide bonds. The van der Waals surface area contributed by atoms with E-state index in [-0.39, 0.29) is 5.91 Å². The van der Waals surface area contributed by atoms with Crippen LogP contribution in [0.15, 0.2) is 42.6 Å². The number of carbonyl (C=O) groups excluding carboxylic acids is 1. The van der Waals surface area contributed by atoms with Gasteiger partial charge in [0.25, 0.3) is 5.91 Å². The first-order chi connectivity index (χ1) is 10.7. The summed E-state index contributed by atoms with van der Waals surface area (Å²) < 4.78 is 0. The second kappa shape index (κ2) is 6.18. The van der Waals surface area contributed by atoms with Crippen LogP contribution in [-0.4, -0.2) is 30.5 Å². The molecule has 2 aromatic rings. The van der Waals surface area contributed by atoms with Gasteiger partial charge in [-0.1, -0.05) is 18.2 Å². The van der Waals surface area contributed by atoms with Crippen molar-refractivity contribution in [1.82, 2.24) is 4.98 Å². The molecule has 1 aromatic carbocycles. The number of fused-ring (bicyclic) bond motifs is 1. The minimum Gasteiger partial charge on any atom is -0.372 e. The molecule has 3 rings (SSSR count). The minimum absolute atomic E-state index is 0.0149. The van der Waals surface area contributed by atoms with Gasteiger partial charge in [-0.3, -0.25) is 9.78 Å². The van der Waals surface area contributed by atoms with Gasteiger partial charge in [-0.05, 0) is 44.0 Å². The molecule has 1 aliphatic rings. The fourth-order valence-corrected chi connectivity index (χ4v) is 3.01. The van der Waals surface area contributed by atoms with Crippen LogP contribution >= 0.6 is 0 Å². The third-order valence-corrected chi connectivity index (χ3v) is 4.22. The molecule has 22 heavy (non-hydrogen) atoms. The van der Waals surface area contributed by atoms with Crippen LogP contribution in [0.5, 0.6) is 0 Å². The lowest BCUT2D eigenvalue weighted by atomic mass is 10.2. The Balaban J connectivity index is 1.89. The average Bonchev–Trinajstić information content (AvgIpc) is 3.00. The van der Waals surface area contributed by atoms with Crippen LogP contribution in [0, 0.1) is 0 Å². The summed E-state index contributed by atoms with van der Waals surface area (Å²) in [6.45, 7) is 6.79. The summed E-state index contributed by atoms with van der Waals surface area (Å²) in [6.07, 6.45) is 2.64. The molecule has 0 atom stereocenters. The van der Waals surface area contributed by atoms with Crippen molar-refractivity contribution in [2.75, 3.05) is 29.4 Å². The van der Waals surface area contributed by atoms with E-state index >= 15 is 0 Å². The highest BCUT2D eigenvalue weighted by atomic mass is 16.2. The summed E-state index contributed by atoms with van der Waals surface area (Å²) in [5.74, 6) is -0.0149. The first-order valence-corrected chi connectivity index (χ1v) is 7.85. The molecule has 2 heterocycles. The number of benzene rings is 1. The van der Waals surface area contributed by atoms with E-state index < -0.39 is 0 Å². The van der Waals surface area contributed by atoms with Crippen molar-refractivity contribution in [2.45, 2.75) is 20.3 Å². The molecule has 0 spiro atoms. The normalized spacial score (nSPS) is 13.1. The smallest absolute Gasteiger partial charge is 0.276 e. The third kappa shape index (κ3) is 2.56. The van der Waals surface area contributed by atoms with Crippen LogP contribution in [-0.2, 0) is 6.42 Å². The van der Waals surface area contributed by atoms with Crippen molar-refractivity contribution >= 4 is 17.3 Å². The Hall–Kier alpha value is -2.36. The summed E-state index contributed by atoms with van der Waals surface area (Å²) in [7, 11) is 0. The molecule has 1 aliphatic heterocycles. The molecule has 4 nitrogen and oxygen atoms in total. The van der Waals surface area contributed by atoms with Crippen LogP contribution in [0.3, 0.4) is 0 Å². The first-order valence-electron chi connectivity index (χ1n) is 7.85. The van der Waals surface area contributed by atoms with E-state index in [1.165, 1.54) is 5.56 Å². The zero-order chi connectivity index (χ0) is 15.5. The molecule has 0 saturated heterocycles. The number of carbonyl (C=O) groups is 1. The highest BCUT2D eigenvalue weighted by Crippen LogP contribution is 2.29. The molecule has 0 unspecified atom stereocenters. The van der Waals surface area contributed by atoms with Crippen LogP contribution in [0.2, 0.25) is 0 Å². The van der Waals surface area contributed by atoms with Gasteiger partial charge >= 0.3 is 0 Å². The van der Waals surface area contributed by atoms with Crippen LogP contribution in [0.4, 0.5) is 11.4 Å². The summed E-state index contributed by atoms with van der Waals surface area (Å²) in [5, 5.41) is 0. The van der Waals surface area contributed by atoms with E-state index in [0.29, 0.717) is 5.69 Å². The largest absolute Gasteiger partial charge is 0.372 e. The van der Waals surface area contributed by atoms with Gasteiger partial charge in [0.2, 0.25) is 0 Å². The molecule has 0 N–H and O–H groups in total. The predicted octanol–water partition coefficient (Wildman–Crippen LogP) is 3.13. The Morgan fingerprint density at radius 2 is 2.00 bits per heavy atom. The number of aromatic nitrogens is 1. The first kappa shape index (κ1) is 14.6. The topological polar surface area (TPSA) is 36.4 Å². The zero-order valence-corrected chi connectivity index (χ0v) is 13.1. The Labute approximate surface area is 131 Å². The number of hydrogen-bond donors (Lipinski definition) is 0. The van der Waals surface area contributed by atoms with E-state index in [0.717, 1.165) is 37.4 Å². The van der Waals surface area contributed by atoms with Gasteiger partial charge in [0, 0.05) is 37.2 Å². The second-order valence-electron chi connectivity index (χ2n) is 5.41. The lowest BCUT2D eigenvalue weighted by Gasteiger charge is -2.22. The Morgan fingerprint density at radius 3 is 2.77 bits per heavy atom. The van der Waals surface area contributed by atoms with Gasteiger partial charge in [-0.25, -0.2) is 0 Å². The van der Waals surface area contributed by atoms with Gasteiger partial charge in [0.15, 0.2) is 0 Å². The fourth-order valence-electron chi connectivity index (χ4n) is 3.01.